The molecule has 1 heterocycles. The van der Waals surface area contributed by atoms with Crippen molar-refractivity contribution < 1.29 is 8.42 Å². The van der Waals surface area contributed by atoms with Gasteiger partial charge in [-0.15, -0.1) is 0 Å². The van der Waals surface area contributed by atoms with E-state index in [1.54, 1.807) is 10.4 Å². The van der Waals surface area contributed by atoms with Gasteiger partial charge in [-0.1, -0.05) is 12.1 Å². The molecule has 0 saturated carbocycles. The molecule has 0 bridgehead atoms. The lowest BCUT2D eigenvalue weighted by atomic mass is 10.1. The third-order valence-electron chi connectivity index (χ3n) is 3.70. The Kier molecular flexibility index (Phi) is 4.28. The highest BCUT2D eigenvalue weighted by molar-refractivity contribution is 7.89. The zero-order valence-corrected chi connectivity index (χ0v) is 12.6. The van der Waals surface area contributed by atoms with Gasteiger partial charge in [0, 0.05) is 13.1 Å². The molecule has 5 heteroatoms. The minimum atomic E-state index is -3.34. The first-order chi connectivity index (χ1) is 8.95. The summed E-state index contributed by atoms with van der Waals surface area (Å²) in [5.41, 5.74) is 1.80. The van der Waals surface area contributed by atoms with Crippen molar-refractivity contribution in [2.24, 2.45) is 5.92 Å². The standard InChI is InChI=1S/C14H22N2O2S/c1-11-4-5-12(2)14(8-11)19(17,18)16-7-6-13(10-16)9-15-3/h4-5,8,13,15H,6-7,9-10H2,1-3H3/t13-/m1/s1. The Labute approximate surface area is 115 Å². The van der Waals surface area contributed by atoms with Gasteiger partial charge in [-0.2, -0.15) is 4.31 Å². The van der Waals surface area contributed by atoms with Gasteiger partial charge in [0.2, 0.25) is 10.0 Å². The zero-order chi connectivity index (χ0) is 14.0. The summed E-state index contributed by atoms with van der Waals surface area (Å²) in [5.74, 6) is 0.421. The summed E-state index contributed by atoms with van der Waals surface area (Å²) in [6.07, 6.45) is 0.935. The van der Waals surface area contributed by atoms with Crippen molar-refractivity contribution in [3.8, 4) is 0 Å². The van der Waals surface area contributed by atoms with Crippen LogP contribution in [0.25, 0.3) is 0 Å². The number of nitrogens with one attached hydrogen (secondary N) is 1. The molecule has 2 rings (SSSR count). The Morgan fingerprint density at radius 1 is 1.37 bits per heavy atom. The lowest BCUT2D eigenvalue weighted by Crippen LogP contribution is -2.31. The summed E-state index contributed by atoms with van der Waals surface area (Å²) in [7, 11) is -1.43. The van der Waals surface area contributed by atoms with Crippen LogP contribution in [-0.2, 0) is 10.0 Å². The molecule has 1 aromatic carbocycles. The van der Waals surface area contributed by atoms with Gasteiger partial charge < -0.3 is 5.32 Å². The number of nitrogens with zero attached hydrogens (tertiary/aromatic N) is 1. The van der Waals surface area contributed by atoms with E-state index in [1.165, 1.54) is 0 Å². The van der Waals surface area contributed by atoms with E-state index < -0.39 is 10.0 Å². The van der Waals surface area contributed by atoms with Gasteiger partial charge in [-0.25, -0.2) is 8.42 Å². The summed E-state index contributed by atoms with van der Waals surface area (Å²) in [6, 6.07) is 5.60. The van der Waals surface area contributed by atoms with Crippen LogP contribution in [0, 0.1) is 19.8 Å². The Balaban J connectivity index is 2.26. The van der Waals surface area contributed by atoms with E-state index in [0.717, 1.165) is 24.1 Å². The van der Waals surface area contributed by atoms with E-state index in [4.69, 9.17) is 0 Å². The van der Waals surface area contributed by atoms with Crippen LogP contribution in [-0.4, -0.2) is 39.4 Å². The van der Waals surface area contributed by atoms with Crippen molar-refractivity contribution >= 4 is 10.0 Å². The minimum Gasteiger partial charge on any atom is -0.319 e. The van der Waals surface area contributed by atoms with Crippen molar-refractivity contribution in [1.29, 1.82) is 0 Å². The largest absolute Gasteiger partial charge is 0.319 e. The molecule has 1 fully saturated rings. The lowest BCUT2D eigenvalue weighted by molar-refractivity contribution is 0.451. The molecular formula is C14H22N2O2S. The number of hydrogen-bond acceptors (Lipinski definition) is 3. The van der Waals surface area contributed by atoms with E-state index in [-0.39, 0.29) is 0 Å². The van der Waals surface area contributed by atoms with Crippen LogP contribution in [0.15, 0.2) is 23.1 Å². The van der Waals surface area contributed by atoms with Gasteiger partial charge in [0.25, 0.3) is 0 Å². The molecule has 106 valence electrons. The number of hydrogen-bond donors (Lipinski definition) is 1. The number of benzene rings is 1. The smallest absolute Gasteiger partial charge is 0.243 e. The molecule has 1 saturated heterocycles. The maximum absolute atomic E-state index is 12.7. The van der Waals surface area contributed by atoms with Crippen LogP contribution in [0.5, 0.6) is 0 Å². The molecule has 0 spiro atoms. The van der Waals surface area contributed by atoms with Gasteiger partial charge in [0.15, 0.2) is 0 Å². The van der Waals surface area contributed by atoms with Crippen LogP contribution in [0.1, 0.15) is 17.5 Å². The van der Waals surface area contributed by atoms with Crippen molar-refractivity contribution in [2.75, 3.05) is 26.7 Å². The van der Waals surface area contributed by atoms with Crippen molar-refractivity contribution in [2.45, 2.75) is 25.2 Å². The number of rotatable bonds is 4. The van der Waals surface area contributed by atoms with Crippen LogP contribution >= 0.6 is 0 Å². The number of sulfonamides is 1. The van der Waals surface area contributed by atoms with Gasteiger partial charge in [0.05, 0.1) is 4.90 Å². The maximum Gasteiger partial charge on any atom is 0.243 e. The second-order valence-electron chi connectivity index (χ2n) is 5.34. The SMILES string of the molecule is CNC[C@H]1CCN(S(=O)(=O)c2cc(C)ccc2C)C1. The summed E-state index contributed by atoms with van der Waals surface area (Å²) in [4.78, 5) is 0.456. The third kappa shape index (κ3) is 2.99. The number of aryl methyl sites for hydroxylation is 2. The molecule has 1 aromatic rings. The molecule has 0 aromatic heterocycles. The quantitative estimate of drug-likeness (QED) is 0.911. The van der Waals surface area contributed by atoms with Gasteiger partial charge in [-0.3, -0.25) is 0 Å². The first-order valence-electron chi connectivity index (χ1n) is 6.67. The lowest BCUT2D eigenvalue weighted by Gasteiger charge is -2.18. The van der Waals surface area contributed by atoms with Crippen molar-refractivity contribution in [3.63, 3.8) is 0 Å². The van der Waals surface area contributed by atoms with Crippen molar-refractivity contribution in [3.05, 3.63) is 29.3 Å². The fourth-order valence-corrected chi connectivity index (χ4v) is 4.44. The summed E-state index contributed by atoms with van der Waals surface area (Å²) < 4.78 is 26.9. The normalized spacial score (nSPS) is 20.9. The molecule has 0 amide bonds. The maximum atomic E-state index is 12.7. The van der Waals surface area contributed by atoms with E-state index in [0.29, 0.717) is 23.9 Å². The van der Waals surface area contributed by atoms with Gasteiger partial charge >= 0.3 is 0 Å². The molecular weight excluding hydrogens is 260 g/mol. The van der Waals surface area contributed by atoms with Gasteiger partial charge in [-0.05, 0) is 57.0 Å². The molecule has 0 radical (unpaired) electrons. The zero-order valence-electron chi connectivity index (χ0n) is 11.8. The molecule has 0 unspecified atom stereocenters. The van der Waals surface area contributed by atoms with E-state index >= 15 is 0 Å². The summed E-state index contributed by atoms with van der Waals surface area (Å²) in [5, 5.41) is 3.12. The van der Waals surface area contributed by atoms with E-state index in [2.05, 4.69) is 5.32 Å². The van der Waals surface area contributed by atoms with E-state index in [1.807, 2.05) is 33.0 Å². The molecule has 4 nitrogen and oxygen atoms in total. The third-order valence-corrected chi connectivity index (χ3v) is 5.71. The van der Waals surface area contributed by atoms with Gasteiger partial charge in [0.1, 0.15) is 0 Å². The Bertz CT molecular complexity index is 555. The second kappa shape index (κ2) is 5.61. The van der Waals surface area contributed by atoms with E-state index in [9.17, 15) is 8.42 Å². The second-order valence-corrected chi connectivity index (χ2v) is 7.25. The fourth-order valence-electron chi connectivity index (χ4n) is 2.60. The van der Waals surface area contributed by atoms with Crippen molar-refractivity contribution in [1.82, 2.24) is 9.62 Å². The minimum absolute atomic E-state index is 0.421. The molecule has 1 atom stereocenters. The van der Waals surface area contributed by atoms with Crippen LogP contribution in [0.3, 0.4) is 0 Å². The predicted octanol–water partition coefficient (Wildman–Crippen LogP) is 1.53. The highest BCUT2D eigenvalue weighted by Crippen LogP contribution is 2.26. The first-order valence-corrected chi connectivity index (χ1v) is 8.11. The summed E-state index contributed by atoms with van der Waals surface area (Å²) in [6.45, 7) is 5.90. The highest BCUT2D eigenvalue weighted by Gasteiger charge is 2.32. The molecule has 19 heavy (non-hydrogen) atoms. The Morgan fingerprint density at radius 3 is 2.79 bits per heavy atom. The average Bonchev–Trinajstić information content (AvgIpc) is 2.82. The topological polar surface area (TPSA) is 49.4 Å². The van der Waals surface area contributed by atoms with Crippen LogP contribution in [0.2, 0.25) is 0 Å². The first kappa shape index (κ1) is 14.5. The molecule has 1 aliphatic heterocycles. The average molecular weight is 282 g/mol. The Hall–Kier alpha value is -0.910. The fraction of sp³-hybridized carbons (Fsp3) is 0.571. The monoisotopic (exact) mass is 282 g/mol. The van der Waals surface area contributed by atoms with Crippen LogP contribution < -0.4 is 5.32 Å². The van der Waals surface area contributed by atoms with Crippen LogP contribution in [0.4, 0.5) is 0 Å². The highest BCUT2D eigenvalue weighted by atomic mass is 32.2. The predicted molar refractivity (Wildman–Crippen MR) is 76.7 cm³/mol. The molecule has 1 aliphatic rings. The molecule has 1 N–H and O–H groups in total. The summed E-state index contributed by atoms with van der Waals surface area (Å²) >= 11 is 0. The molecule has 0 aliphatic carbocycles. The Morgan fingerprint density at radius 2 is 2.11 bits per heavy atom.